The molecule has 2 rings (SSSR count). The molecule has 0 spiro atoms. The lowest BCUT2D eigenvalue weighted by Gasteiger charge is -2.23. The zero-order valence-corrected chi connectivity index (χ0v) is 14.4. The average Bonchev–Trinajstić information content (AvgIpc) is 2.59. The molecule has 0 aliphatic rings. The molecule has 5 nitrogen and oxygen atoms in total. The first-order valence-electron chi connectivity index (χ1n) is 8.27. The van der Waals surface area contributed by atoms with Crippen molar-refractivity contribution in [3.8, 4) is 0 Å². The highest BCUT2D eigenvalue weighted by atomic mass is 16.5. The Hall–Kier alpha value is -2.66. The maximum absolute atomic E-state index is 12.8. The minimum atomic E-state index is -0.971. The Morgan fingerprint density at radius 3 is 2.32 bits per heavy atom. The summed E-state index contributed by atoms with van der Waals surface area (Å²) in [7, 11) is 0. The SMILES string of the molecule is CCOC(C(=O)NC(CC(=O)O)c1ccccc1C)c1ccccc1. The largest absolute Gasteiger partial charge is 0.481 e. The molecule has 0 fully saturated rings. The Kier molecular flexibility index (Phi) is 6.71. The van der Waals surface area contributed by atoms with Gasteiger partial charge in [0.1, 0.15) is 0 Å². The minimum Gasteiger partial charge on any atom is -0.481 e. The smallest absolute Gasteiger partial charge is 0.305 e. The molecular weight excluding hydrogens is 318 g/mol. The first-order valence-corrected chi connectivity index (χ1v) is 8.27. The standard InChI is InChI=1S/C20H23NO4/c1-3-25-19(15-10-5-4-6-11-15)20(24)21-17(13-18(22)23)16-12-8-7-9-14(16)2/h4-12,17,19H,3,13H2,1-2H3,(H,21,24)(H,22,23). The van der Waals surface area contributed by atoms with Gasteiger partial charge in [0, 0.05) is 6.61 Å². The monoisotopic (exact) mass is 341 g/mol. The fraction of sp³-hybridized carbons (Fsp3) is 0.300. The number of ether oxygens (including phenoxy) is 1. The van der Waals surface area contributed by atoms with E-state index < -0.39 is 18.1 Å². The van der Waals surface area contributed by atoms with Gasteiger partial charge < -0.3 is 15.2 Å². The van der Waals surface area contributed by atoms with Gasteiger partial charge in [-0.05, 0) is 30.5 Å². The molecule has 0 aromatic heterocycles. The van der Waals surface area contributed by atoms with E-state index in [9.17, 15) is 14.7 Å². The number of carbonyl (C=O) groups excluding carboxylic acids is 1. The van der Waals surface area contributed by atoms with Crippen LogP contribution in [0.25, 0.3) is 0 Å². The van der Waals surface area contributed by atoms with Gasteiger partial charge >= 0.3 is 5.97 Å². The zero-order valence-electron chi connectivity index (χ0n) is 14.4. The minimum absolute atomic E-state index is 0.190. The van der Waals surface area contributed by atoms with Gasteiger partial charge in [-0.15, -0.1) is 0 Å². The third-order valence-corrected chi connectivity index (χ3v) is 3.93. The zero-order chi connectivity index (χ0) is 18.2. The number of benzene rings is 2. The van der Waals surface area contributed by atoms with Crippen LogP contribution in [-0.2, 0) is 14.3 Å². The van der Waals surface area contributed by atoms with E-state index in [0.717, 1.165) is 16.7 Å². The van der Waals surface area contributed by atoms with Gasteiger partial charge in [-0.25, -0.2) is 0 Å². The maximum Gasteiger partial charge on any atom is 0.305 e. The first-order chi connectivity index (χ1) is 12.0. The normalized spacial score (nSPS) is 13.0. The summed E-state index contributed by atoms with van der Waals surface area (Å²) in [6.07, 6.45) is -0.962. The molecule has 2 atom stereocenters. The van der Waals surface area contributed by atoms with Gasteiger partial charge in [-0.3, -0.25) is 9.59 Å². The van der Waals surface area contributed by atoms with E-state index in [-0.39, 0.29) is 12.3 Å². The molecule has 2 aromatic carbocycles. The third-order valence-electron chi connectivity index (χ3n) is 3.93. The van der Waals surface area contributed by atoms with Crippen LogP contribution in [0.4, 0.5) is 0 Å². The average molecular weight is 341 g/mol. The number of hydrogen-bond donors (Lipinski definition) is 2. The van der Waals surface area contributed by atoms with Gasteiger partial charge in [-0.1, -0.05) is 54.6 Å². The lowest BCUT2D eigenvalue weighted by molar-refractivity contribution is -0.138. The Morgan fingerprint density at radius 2 is 1.72 bits per heavy atom. The molecular formula is C20H23NO4. The van der Waals surface area contributed by atoms with E-state index in [2.05, 4.69) is 5.32 Å². The van der Waals surface area contributed by atoms with Crippen molar-refractivity contribution in [2.45, 2.75) is 32.4 Å². The Bertz CT molecular complexity index is 715. The second kappa shape index (κ2) is 8.99. The van der Waals surface area contributed by atoms with E-state index in [4.69, 9.17) is 4.74 Å². The summed E-state index contributed by atoms with van der Waals surface area (Å²) >= 11 is 0. The molecule has 1 amide bonds. The van der Waals surface area contributed by atoms with Gasteiger partial charge in [0.2, 0.25) is 0 Å². The summed E-state index contributed by atoms with van der Waals surface area (Å²) in [5.41, 5.74) is 2.46. The van der Waals surface area contributed by atoms with Crippen molar-refractivity contribution in [3.63, 3.8) is 0 Å². The van der Waals surface area contributed by atoms with E-state index in [1.165, 1.54) is 0 Å². The quantitative estimate of drug-likeness (QED) is 0.771. The van der Waals surface area contributed by atoms with Crippen molar-refractivity contribution in [1.82, 2.24) is 5.32 Å². The molecule has 0 aliphatic heterocycles. The molecule has 0 saturated carbocycles. The molecule has 2 aromatic rings. The van der Waals surface area contributed by atoms with Crippen molar-refractivity contribution in [3.05, 3.63) is 71.3 Å². The number of carboxylic acid groups (broad SMARTS) is 1. The second-order valence-electron chi connectivity index (χ2n) is 5.76. The number of aliphatic carboxylic acids is 1. The predicted molar refractivity (Wildman–Crippen MR) is 95.1 cm³/mol. The molecule has 0 radical (unpaired) electrons. The molecule has 132 valence electrons. The number of hydrogen-bond acceptors (Lipinski definition) is 3. The highest BCUT2D eigenvalue weighted by Crippen LogP contribution is 2.24. The lowest BCUT2D eigenvalue weighted by Crippen LogP contribution is -2.35. The van der Waals surface area contributed by atoms with Crippen molar-refractivity contribution < 1.29 is 19.4 Å². The van der Waals surface area contributed by atoms with Gasteiger partial charge in [-0.2, -0.15) is 0 Å². The fourth-order valence-corrected chi connectivity index (χ4v) is 2.76. The van der Waals surface area contributed by atoms with Crippen molar-refractivity contribution >= 4 is 11.9 Å². The van der Waals surface area contributed by atoms with Gasteiger partial charge in [0.15, 0.2) is 6.10 Å². The predicted octanol–water partition coefficient (Wildman–Crippen LogP) is 3.40. The number of amides is 1. The molecule has 0 aliphatic carbocycles. The Labute approximate surface area is 147 Å². The number of carbonyl (C=O) groups is 2. The van der Waals surface area contributed by atoms with Crippen LogP contribution in [0.15, 0.2) is 54.6 Å². The van der Waals surface area contributed by atoms with Crippen LogP contribution < -0.4 is 5.32 Å². The molecule has 2 N–H and O–H groups in total. The summed E-state index contributed by atoms with van der Waals surface area (Å²) in [6, 6.07) is 16.0. The third kappa shape index (κ3) is 5.16. The van der Waals surface area contributed by atoms with Crippen molar-refractivity contribution in [1.29, 1.82) is 0 Å². The topological polar surface area (TPSA) is 75.6 Å². The molecule has 0 bridgehead atoms. The summed E-state index contributed by atoms with van der Waals surface area (Å²) in [5.74, 6) is -1.32. The van der Waals surface area contributed by atoms with Crippen LogP contribution in [0.3, 0.4) is 0 Å². The van der Waals surface area contributed by atoms with Crippen LogP contribution in [0.5, 0.6) is 0 Å². The van der Waals surface area contributed by atoms with Crippen LogP contribution in [-0.4, -0.2) is 23.6 Å². The summed E-state index contributed by atoms with van der Waals surface area (Å²) < 4.78 is 5.60. The molecule has 5 heteroatoms. The highest BCUT2D eigenvalue weighted by molar-refractivity contribution is 5.83. The number of rotatable bonds is 8. The van der Waals surface area contributed by atoms with E-state index in [0.29, 0.717) is 6.61 Å². The van der Waals surface area contributed by atoms with Crippen LogP contribution in [0.1, 0.15) is 42.2 Å². The van der Waals surface area contributed by atoms with E-state index in [1.807, 2.05) is 68.4 Å². The van der Waals surface area contributed by atoms with Crippen LogP contribution in [0.2, 0.25) is 0 Å². The number of carboxylic acids is 1. The summed E-state index contributed by atoms with van der Waals surface area (Å²) in [5, 5.41) is 12.1. The summed E-state index contributed by atoms with van der Waals surface area (Å²) in [4.78, 5) is 24.0. The van der Waals surface area contributed by atoms with Crippen molar-refractivity contribution in [2.75, 3.05) is 6.61 Å². The Morgan fingerprint density at radius 1 is 1.08 bits per heavy atom. The maximum atomic E-state index is 12.8. The van der Waals surface area contributed by atoms with Gasteiger partial charge in [0.25, 0.3) is 5.91 Å². The van der Waals surface area contributed by atoms with E-state index in [1.54, 1.807) is 0 Å². The molecule has 25 heavy (non-hydrogen) atoms. The molecule has 2 unspecified atom stereocenters. The lowest BCUT2D eigenvalue weighted by atomic mass is 9.98. The Balaban J connectivity index is 2.25. The fourth-order valence-electron chi connectivity index (χ4n) is 2.76. The molecule has 0 heterocycles. The van der Waals surface area contributed by atoms with Crippen LogP contribution >= 0.6 is 0 Å². The molecule has 0 saturated heterocycles. The number of aryl methyl sites for hydroxylation is 1. The van der Waals surface area contributed by atoms with E-state index >= 15 is 0 Å². The number of nitrogens with one attached hydrogen (secondary N) is 1. The van der Waals surface area contributed by atoms with Crippen LogP contribution in [0, 0.1) is 6.92 Å². The van der Waals surface area contributed by atoms with Crippen molar-refractivity contribution in [2.24, 2.45) is 0 Å². The first kappa shape index (κ1) is 18.7. The highest BCUT2D eigenvalue weighted by Gasteiger charge is 2.26. The van der Waals surface area contributed by atoms with Gasteiger partial charge in [0.05, 0.1) is 12.5 Å². The summed E-state index contributed by atoms with van der Waals surface area (Å²) in [6.45, 7) is 4.09. The second-order valence-corrected chi connectivity index (χ2v) is 5.76.